The van der Waals surface area contributed by atoms with E-state index in [-0.39, 0.29) is 66.5 Å². The number of Topliss-reactive ketones (excluding diaryl/α,β-unsaturated/α-hetero) is 4. The maximum absolute atomic E-state index is 11.2. The molecule has 8 aromatic heterocycles. The molecule has 8 aromatic rings. The molecular formula is C88H120Br8N8O4. The molecule has 12 nitrogen and oxygen atoms in total. The number of rotatable bonds is 8. The van der Waals surface area contributed by atoms with Crippen LogP contribution < -0.4 is 0 Å². The second-order valence-corrected chi connectivity index (χ2v) is 41.6. The van der Waals surface area contributed by atoms with Crippen LogP contribution >= 0.6 is 127 Å². The van der Waals surface area contributed by atoms with E-state index in [1.165, 1.54) is 22.3 Å². The maximum Gasteiger partial charge on any atom is 0.159 e. The third-order valence-corrected chi connectivity index (χ3v) is 18.8. The van der Waals surface area contributed by atoms with Crippen LogP contribution in [0.4, 0.5) is 0 Å². The Bertz CT molecular complexity index is 3990. The van der Waals surface area contributed by atoms with Crippen LogP contribution in [-0.2, 0) is 78.6 Å². The van der Waals surface area contributed by atoms with Crippen molar-refractivity contribution in [2.45, 2.75) is 291 Å². The third-order valence-electron chi connectivity index (χ3n) is 15.6. The van der Waals surface area contributed by atoms with E-state index in [2.05, 4.69) is 398 Å². The summed E-state index contributed by atoms with van der Waals surface area (Å²) >= 11 is 27.0. The molecule has 20 heteroatoms. The molecule has 0 aliphatic carbocycles. The molecule has 108 heavy (non-hydrogen) atoms. The number of aryl methyl sites for hydroxylation is 4. The molecule has 0 atom stereocenters. The van der Waals surface area contributed by atoms with Crippen LogP contribution in [0.5, 0.6) is 0 Å². The number of nitrogens with zero attached hydrogens (tertiary/aromatic N) is 8. The van der Waals surface area contributed by atoms with E-state index in [1.807, 2.05) is 48.5 Å². The van der Waals surface area contributed by atoms with Gasteiger partial charge >= 0.3 is 0 Å². The average Bonchev–Trinajstić information content (AvgIpc) is 0.842. The monoisotopic (exact) mass is 1980 g/mol. The van der Waals surface area contributed by atoms with E-state index in [9.17, 15) is 19.2 Å². The van der Waals surface area contributed by atoms with Crippen molar-refractivity contribution in [3.63, 3.8) is 0 Å². The normalized spacial score (nSPS) is 11.6. The lowest BCUT2D eigenvalue weighted by atomic mass is 9.90. The van der Waals surface area contributed by atoms with Gasteiger partial charge in [-0.3, -0.25) is 19.2 Å². The van der Waals surface area contributed by atoms with Gasteiger partial charge < -0.3 is 0 Å². The molecule has 8 rings (SSSR count). The summed E-state index contributed by atoms with van der Waals surface area (Å²) in [6, 6.07) is 31.8. The lowest BCUT2D eigenvalue weighted by Gasteiger charge is -2.18. The average molecular weight is 1990 g/mol. The topological polar surface area (TPSA) is 171 Å². The first kappa shape index (κ1) is 102. The lowest BCUT2D eigenvalue weighted by Crippen LogP contribution is -2.14. The fourth-order valence-electron chi connectivity index (χ4n) is 9.11. The highest BCUT2D eigenvalue weighted by Crippen LogP contribution is 2.31. The predicted molar refractivity (Wildman–Crippen MR) is 482 cm³/mol. The Kier molecular flexibility index (Phi) is 41.3. The standard InChI is InChI=1S/2C12H16BrNO.2C11H14BrNO.2C11H16BrN.2C10H14BrN/c2*1-8(15)5-9-6-10(12(2,3)4)14-11(13)7-9;2*1-7(14)8-5-9(11(2,3)4)13-10(12)6-8;2*1-5-8-6-9(11(2,3)4)13-10(12)7-8;2*1-7-5-8(10(2,3)4)12-9(11)6-7/h2*6-7H,5H2,1-4H3;2*5-6H,1-4H3;2*6-7H,5H2,1-4H3;2*5-6H,1-4H3. The molecule has 0 bridgehead atoms. The molecule has 0 aliphatic heterocycles. The molecule has 0 spiro atoms. The van der Waals surface area contributed by atoms with Gasteiger partial charge in [0.1, 0.15) is 48.4 Å². The number of pyridine rings is 8. The SMILES string of the molecule is CC(=O)Cc1cc(Br)nc(C(C)(C)C)c1.CC(=O)Cc1cc(Br)nc(C(C)(C)C)c1.CC(=O)c1cc(Br)nc(C(C)(C)C)c1.CC(=O)c1cc(Br)nc(C(C)(C)C)c1.CCc1cc(Br)nc(C(C)(C)C)c1.CCc1cc(Br)nc(C(C)(C)C)c1.Cc1cc(Br)nc(C(C)(C)C)c1.Cc1cc(Br)nc(C(C)(C)C)c1. The van der Waals surface area contributed by atoms with Gasteiger partial charge in [0.15, 0.2) is 11.6 Å². The van der Waals surface area contributed by atoms with E-state index in [0.29, 0.717) is 24.0 Å². The smallest absolute Gasteiger partial charge is 0.159 e. The number of ketones is 4. The third kappa shape index (κ3) is 40.5. The van der Waals surface area contributed by atoms with Crippen LogP contribution in [0, 0.1) is 13.8 Å². The molecule has 0 saturated carbocycles. The van der Waals surface area contributed by atoms with Gasteiger partial charge in [-0.15, -0.1) is 0 Å². The largest absolute Gasteiger partial charge is 0.300 e. The van der Waals surface area contributed by atoms with E-state index in [4.69, 9.17) is 0 Å². The zero-order valence-corrected chi connectivity index (χ0v) is 83.0. The molecule has 0 fully saturated rings. The van der Waals surface area contributed by atoms with Crippen molar-refractivity contribution in [1.82, 2.24) is 39.9 Å². The van der Waals surface area contributed by atoms with Crippen LogP contribution in [0.2, 0.25) is 0 Å². The summed E-state index contributed by atoms with van der Waals surface area (Å²) in [6.07, 6.45) is 3.07. The Labute approximate surface area is 717 Å². The summed E-state index contributed by atoms with van der Waals surface area (Å²) in [5, 5.41) is 0. The first-order valence-corrected chi connectivity index (χ1v) is 42.5. The molecule has 592 valence electrons. The quantitative estimate of drug-likeness (QED) is 0.104. The van der Waals surface area contributed by atoms with E-state index in [0.717, 1.165) is 106 Å². The molecule has 0 aromatic carbocycles. The van der Waals surface area contributed by atoms with Gasteiger partial charge in [0.25, 0.3) is 0 Å². The summed E-state index contributed by atoms with van der Waals surface area (Å²) in [5.41, 5.74) is 17.6. The first-order chi connectivity index (χ1) is 48.8. The molecule has 0 radical (unpaired) electrons. The lowest BCUT2D eigenvalue weighted by molar-refractivity contribution is -0.117. The van der Waals surface area contributed by atoms with Crippen LogP contribution in [0.3, 0.4) is 0 Å². The Morgan fingerprint density at radius 3 is 0.593 bits per heavy atom. The van der Waals surface area contributed by atoms with Gasteiger partial charge in [0.2, 0.25) is 0 Å². The fraction of sp³-hybridized carbons (Fsp3) is 0.500. The van der Waals surface area contributed by atoms with Crippen molar-refractivity contribution in [3.8, 4) is 0 Å². The van der Waals surface area contributed by atoms with Crippen LogP contribution in [0.15, 0.2) is 134 Å². The second kappa shape index (κ2) is 43.8. The molecule has 0 unspecified atom stereocenters. The number of carbonyl (C=O) groups excluding carboxylic acids is 4. The fourth-order valence-corrected chi connectivity index (χ4v) is 13.0. The van der Waals surface area contributed by atoms with Crippen molar-refractivity contribution < 1.29 is 19.2 Å². The minimum absolute atomic E-state index is 0.00925. The molecule has 0 amide bonds. The van der Waals surface area contributed by atoms with Crippen LogP contribution in [0.25, 0.3) is 0 Å². The molecule has 0 saturated heterocycles. The number of carbonyl (C=O) groups is 4. The molecule has 0 aliphatic rings. The molecule has 8 heterocycles. The van der Waals surface area contributed by atoms with Gasteiger partial charge in [-0.05, 0) is 312 Å². The zero-order chi connectivity index (χ0) is 84.0. The molecule has 0 N–H and O–H groups in total. The van der Waals surface area contributed by atoms with Crippen LogP contribution in [0.1, 0.15) is 307 Å². The number of halogens is 8. The van der Waals surface area contributed by atoms with Crippen molar-refractivity contribution in [1.29, 1.82) is 0 Å². The summed E-state index contributed by atoms with van der Waals surface area (Å²) in [4.78, 5) is 79.9. The summed E-state index contributed by atoms with van der Waals surface area (Å²) in [7, 11) is 0. The molecular weight excluding hydrogens is 1870 g/mol. The maximum atomic E-state index is 11.2. The summed E-state index contributed by atoms with van der Waals surface area (Å²) in [6.45, 7) is 66.0. The van der Waals surface area contributed by atoms with Gasteiger partial charge in [-0.2, -0.15) is 0 Å². The first-order valence-electron chi connectivity index (χ1n) is 36.2. The summed E-state index contributed by atoms with van der Waals surface area (Å²) < 4.78 is 6.76. The van der Waals surface area contributed by atoms with E-state index < -0.39 is 0 Å². The predicted octanol–water partition coefficient (Wildman–Crippen LogP) is 27.5. The Morgan fingerprint density at radius 2 is 0.417 bits per heavy atom. The van der Waals surface area contributed by atoms with Crippen molar-refractivity contribution in [2.75, 3.05) is 0 Å². The van der Waals surface area contributed by atoms with E-state index in [1.54, 1.807) is 39.8 Å². The van der Waals surface area contributed by atoms with Gasteiger partial charge in [-0.25, -0.2) is 39.9 Å². The van der Waals surface area contributed by atoms with Crippen LogP contribution in [-0.4, -0.2) is 63.0 Å². The van der Waals surface area contributed by atoms with Gasteiger partial charge in [0, 0.05) is 113 Å². The summed E-state index contributed by atoms with van der Waals surface area (Å²) in [5.74, 6) is 0.484. The number of hydrogen-bond donors (Lipinski definition) is 0. The highest BCUT2D eigenvalue weighted by Gasteiger charge is 2.24. The van der Waals surface area contributed by atoms with Gasteiger partial charge in [0.05, 0.1) is 0 Å². The highest BCUT2D eigenvalue weighted by molar-refractivity contribution is 9.11. The highest BCUT2D eigenvalue weighted by atomic mass is 79.9. The van der Waals surface area contributed by atoms with Crippen molar-refractivity contribution in [3.05, 3.63) is 224 Å². The Balaban J connectivity index is 0.000000618. The number of aromatic nitrogens is 8. The Hall–Kier alpha value is -4.28. The van der Waals surface area contributed by atoms with Crippen molar-refractivity contribution in [2.24, 2.45) is 0 Å². The minimum Gasteiger partial charge on any atom is -0.300 e. The Morgan fingerprint density at radius 1 is 0.250 bits per heavy atom. The number of hydrogen-bond acceptors (Lipinski definition) is 12. The van der Waals surface area contributed by atoms with Crippen molar-refractivity contribution >= 4 is 151 Å². The van der Waals surface area contributed by atoms with Gasteiger partial charge in [-0.1, -0.05) is 180 Å². The minimum atomic E-state index is -0.0337. The van der Waals surface area contributed by atoms with E-state index >= 15 is 0 Å². The second-order valence-electron chi connectivity index (χ2n) is 35.1. The zero-order valence-electron chi connectivity index (χ0n) is 70.3.